The van der Waals surface area contributed by atoms with Gasteiger partial charge < -0.3 is 15.0 Å². The fraction of sp³-hybridized carbons (Fsp3) is 0.263. The van der Waals surface area contributed by atoms with E-state index >= 15 is 0 Å². The van der Waals surface area contributed by atoms with Gasteiger partial charge in [-0.05, 0) is 36.8 Å². The molecule has 1 fully saturated rings. The molecule has 5 nitrogen and oxygen atoms in total. The first-order chi connectivity index (χ1) is 12.1. The van der Waals surface area contributed by atoms with E-state index in [0.29, 0.717) is 22.9 Å². The van der Waals surface area contributed by atoms with Gasteiger partial charge in [0.25, 0.3) is 0 Å². The van der Waals surface area contributed by atoms with Crippen LogP contribution in [0.4, 0.5) is 11.4 Å². The third-order valence-electron chi connectivity index (χ3n) is 3.94. The van der Waals surface area contributed by atoms with Crippen molar-refractivity contribution in [3.8, 4) is 5.75 Å². The smallest absolute Gasteiger partial charge is 0.227 e. The van der Waals surface area contributed by atoms with Crippen molar-refractivity contribution in [2.45, 2.75) is 19.3 Å². The van der Waals surface area contributed by atoms with Crippen LogP contribution >= 0.6 is 11.6 Å². The van der Waals surface area contributed by atoms with Crippen LogP contribution in [0, 0.1) is 0 Å². The van der Waals surface area contributed by atoms with E-state index in [2.05, 4.69) is 5.32 Å². The maximum absolute atomic E-state index is 12.1. The van der Waals surface area contributed by atoms with Crippen LogP contribution in [0.2, 0.25) is 5.02 Å². The molecule has 1 heterocycles. The number of carbonyl (C=O) groups is 2. The lowest BCUT2D eigenvalue weighted by Crippen LogP contribution is -2.23. The largest absolute Gasteiger partial charge is 0.491 e. The lowest BCUT2D eigenvalue weighted by atomic mass is 10.2. The van der Waals surface area contributed by atoms with Crippen LogP contribution < -0.4 is 15.0 Å². The third-order valence-corrected chi connectivity index (χ3v) is 4.25. The van der Waals surface area contributed by atoms with Gasteiger partial charge in [0.15, 0.2) is 0 Å². The molecule has 0 unspecified atom stereocenters. The van der Waals surface area contributed by atoms with Crippen molar-refractivity contribution in [2.24, 2.45) is 0 Å². The van der Waals surface area contributed by atoms with Gasteiger partial charge in [-0.1, -0.05) is 29.8 Å². The molecule has 0 saturated carbocycles. The highest BCUT2D eigenvalue weighted by Gasteiger charge is 2.21. The molecule has 1 N–H and O–H groups in total. The Morgan fingerprint density at radius 2 is 2.04 bits per heavy atom. The quantitative estimate of drug-likeness (QED) is 0.852. The Morgan fingerprint density at radius 3 is 2.80 bits per heavy atom. The van der Waals surface area contributed by atoms with Gasteiger partial charge >= 0.3 is 0 Å². The molecular weight excluding hydrogens is 340 g/mol. The fourth-order valence-electron chi connectivity index (χ4n) is 2.71. The number of carbonyl (C=O) groups excluding carboxylic acids is 2. The molecule has 0 radical (unpaired) electrons. The molecule has 6 heteroatoms. The highest BCUT2D eigenvalue weighted by atomic mass is 35.5. The fourth-order valence-corrected chi connectivity index (χ4v) is 2.90. The number of para-hydroxylation sites is 1. The molecule has 0 spiro atoms. The second-order valence-electron chi connectivity index (χ2n) is 5.78. The van der Waals surface area contributed by atoms with Gasteiger partial charge in [0.2, 0.25) is 11.8 Å². The summed E-state index contributed by atoms with van der Waals surface area (Å²) in [4.78, 5) is 25.6. The first-order valence-electron chi connectivity index (χ1n) is 8.21. The molecule has 1 aliphatic rings. The summed E-state index contributed by atoms with van der Waals surface area (Å²) in [7, 11) is 0. The first kappa shape index (κ1) is 17.3. The average Bonchev–Trinajstić information content (AvgIpc) is 3.03. The van der Waals surface area contributed by atoms with Crippen molar-refractivity contribution < 1.29 is 14.3 Å². The summed E-state index contributed by atoms with van der Waals surface area (Å²) in [6, 6.07) is 14.5. The third kappa shape index (κ3) is 4.51. The molecule has 3 rings (SSSR count). The van der Waals surface area contributed by atoms with Gasteiger partial charge in [0, 0.05) is 24.3 Å². The number of rotatable bonds is 6. The van der Waals surface area contributed by atoms with Crippen LogP contribution in [-0.2, 0) is 9.59 Å². The number of anilines is 2. The monoisotopic (exact) mass is 358 g/mol. The molecule has 1 saturated heterocycles. The summed E-state index contributed by atoms with van der Waals surface area (Å²) in [5, 5.41) is 3.35. The molecule has 2 aromatic carbocycles. The summed E-state index contributed by atoms with van der Waals surface area (Å²) in [6.45, 7) is 0.960. The van der Waals surface area contributed by atoms with E-state index in [4.69, 9.17) is 16.3 Å². The van der Waals surface area contributed by atoms with E-state index in [0.717, 1.165) is 18.7 Å². The van der Waals surface area contributed by atoms with Gasteiger partial charge in [0.1, 0.15) is 5.75 Å². The zero-order valence-corrected chi connectivity index (χ0v) is 14.5. The minimum atomic E-state index is -0.156. The Bertz CT molecular complexity index is 779. The van der Waals surface area contributed by atoms with Crippen LogP contribution in [0.1, 0.15) is 19.3 Å². The van der Waals surface area contributed by atoms with E-state index in [1.165, 1.54) is 0 Å². The summed E-state index contributed by atoms with van der Waals surface area (Å²) in [5.41, 5.74) is 1.48. The van der Waals surface area contributed by atoms with Gasteiger partial charge in [-0.2, -0.15) is 0 Å². The van der Waals surface area contributed by atoms with Crippen molar-refractivity contribution in [3.05, 3.63) is 53.6 Å². The number of hydrogen-bond acceptors (Lipinski definition) is 3. The zero-order chi connectivity index (χ0) is 17.6. The molecule has 25 heavy (non-hydrogen) atoms. The summed E-state index contributed by atoms with van der Waals surface area (Å²) >= 11 is 6.00. The van der Waals surface area contributed by atoms with Gasteiger partial charge in [-0.3, -0.25) is 9.59 Å². The van der Waals surface area contributed by atoms with Crippen LogP contribution in [0.5, 0.6) is 5.75 Å². The van der Waals surface area contributed by atoms with E-state index in [-0.39, 0.29) is 24.8 Å². The van der Waals surface area contributed by atoms with Crippen molar-refractivity contribution >= 4 is 34.8 Å². The maximum Gasteiger partial charge on any atom is 0.227 e. The Labute approximate surface area is 151 Å². The van der Waals surface area contributed by atoms with Crippen LogP contribution in [0.15, 0.2) is 48.5 Å². The van der Waals surface area contributed by atoms with E-state index in [9.17, 15) is 9.59 Å². The first-order valence-corrected chi connectivity index (χ1v) is 8.59. The molecule has 0 atom stereocenters. The second kappa shape index (κ2) is 8.03. The number of amides is 2. The molecule has 2 amide bonds. The lowest BCUT2D eigenvalue weighted by Gasteiger charge is -2.16. The van der Waals surface area contributed by atoms with Crippen LogP contribution in [0.25, 0.3) is 0 Å². The molecule has 0 bridgehead atoms. The van der Waals surface area contributed by atoms with Crippen molar-refractivity contribution in [3.63, 3.8) is 0 Å². The molecule has 130 valence electrons. The van der Waals surface area contributed by atoms with E-state index in [1.807, 2.05) is 30.3 Å². The molecule has 0 aliphatic carbocycles. The zero-order valence-electron chi connectivity index (χ0n) is 13.7. The SMILES string of the molecule is O=C(CCOc1ccccc1Cl)Nc1cccc(N2CCCC2=O)c1. The number of nitrogens with one attached hydrogen (secondary N) is 1. The highest BCUT2D eigenvalue weighted by Crippen LogP contribution is 2.25. The summed E-state index contributed by atoms with van der Waals surface area (Å²) in [6.07, 6.45) is 1.66. The Morgan fingerprint density at radius 1 is 1.20 bits per heavy atom. The van der Waals surface area contributed by atoms with Crippen LogP contribution in [-0.4, -0.2) is 25.0 Å². The van der Waals surface area contributed by atoms with Gasteiger partial charge in [-0.15, -0.1) is 0 Å². The molecule has 2 aromatic rings. The molecular formula is C19H19ClN2O3. The second-order valence-corrected chi connectivity index (χ2v) is 6.18. The van der Waals surface area contributed by atoms with Gasteiger partial charge in [-0.25, -0.2) is 0 Å². The van der Waals surface area contributed by atoms with Crippen molar-refractivity contribution in [2.75, 3.05) is 23.4 Å². The van der Waals surface area contributed by atoms with Crippen molar-refractivity contribution in [1.82, 2.24) is 0 Å². The highest BCUT2D eigenvalue weighted by molar-refractivity contribution is 6.32. The Kier molecular flexibility index (Phi) is 5.56. The lowest BCUT2D eigenvalue weighted by molar-refractivity contribution is -0.117. The Hall–Kier alpha value is -2.53. The molecule has 1 aliphatic heterocycles. The summed E-state index contributed by atoms with van der Waals surface area (Å²) in [5.74, 6) is 0.528. The van der Waals surface area contributed by atoms with Gasteiger partial charge in [0.05, 0.1) is 18.1 Å². The number of ether oxygens (including phenoxy) is 1. The van der Waals surface area contributed by atoms with E-state index in [1.54, 1.807) is 23.1 Å². The van der Waals surface area contributed by atoms with Crippen molar-refractivity contribution in [1.29, 1.82) is 0 Å². The number of hydrogen-bond donors (Lipinski definition) is 1. The maximum atomic E-state index is 12.1. The average molecular weight is 359 g/mol. The normalized spacial score (nSPS) is 13.8. The van der Waals surface area contributed by atoms with E-state index < -0.39 is 0 Å². The number of benzene rings is 2. The topological polar surface area (TPSA) is 58.6 Å². The molecule has 0 aromatic heterocycles. The minimum absolute atomic E-state index is 0.122. The predicted octanol–water partition coefficient (Wildman–Crippen LogP) is 3.87. The van der Waals surface area contributed by atoms with Crippen LogP contribution in [0.3, 0.4) is 0 Å². The summed E-state index contributed by atoms with van der Waals surface area (Å²) < 4.78 is 5.52. The minimum Gasteiger partial charge on any atom is -0.491 e. The predicted molar refractivity (Wildman–Crippen MR) is 98.2 cm³/mol. The standard InChI is InChI=1S/C19H19ClN2O3/c20-16-7-1-2-8-17(16)25-12-10-18(23)21-14-5-3-6-15(13-14)22-11-4-9-19(22)24/h1-3,5-8,13H,4,9-12H2,(H,21,23). The Balaban J connectivity index is 1.53. The number of halogens is 1. The number of nitrogens with zero attached hydrogens (tertiary/aromatic N) is 1.